The Kier molecular flexibility index (Phi) is 5.99. The highest BCUT2D eigenvalue weighted by atomic mass is 15.3. The molecular weight excluding hydrogens is 280 g/mol. The van der Waals surface area contributed by atoms with Crippen LogP contribution in [0.3, 0.4) is 0 Å². The van der Waals surface area contributed by atoms with Crippen LogP contribution in [-0.2, 0) is 6.42 Å². The number of piperazine rings is 1. The lowest BCUT2D eigenvalue weighted by atomic mass is 9.81. The van der Waals surface area contributed by atoms with Crippen LogP contribution in [0, 0.1) is 11.8 Å². The second kappa shape index (κ2) is 8.19. The molecular formula is C21H34N2. The van der Waals surface area contributed by atoms with E-state index in [1.807, 2.05) is 0 Å². The zero-order chi connectivity index (χ0) is 16.1. The van der Waals surface area contributed by atoms with E-state index in [0.29, 0.717) is 0 Å². The highest BCUT2D eigenvalue weighted by Gasteiger charge is 2.21. The van der Waals surface area contributed by atoms with Gasteiger partial charge in [0.05, 0.1) is 0 Å². The Morgan fingerprint density at radius 3 is 2.43 bits per heavy atom. The summed E-state index contributed by atoms with van der Waals surface area (Å²) in [5.74, 6) is 1.99. The summed E-state index contributed by atoms with van der Waals surface area (Å²) in [5, 5.41) is 0. The minimum absolute atomic E-state index is 0.980. The van der Waals surface area contributed by atoms with Gasteiger partial charge in [-0.1, -0.05) is 51.7 Å². The summed E-state index contributed by atoms with van der Waals surface area (Å²) >= 11 is 0. The molecule has 2 fully saturated rings. The van der Waals surface area contributed by atoms with Crippen LogP contribution in [0.5, 0.6) is 0 Å². The second-order valence-corrected chi connectivity index (χ2v) is 7.77. The zero-order valence-corrected chi connectivity index (χ0v) is 15.1. The number of hydrogen-bond acceptors (Lipinski definition) is 2. The van der Waals surface area contributed by atoms with E-state index in [4.69, 9.17) is 0 Å². The topological polar surface area (TPSA) is 6.48 Å². The summed E-state index contributed by atoms with van der Waals surface area (Å²) in [5.41, 5.74) is 2.88. The fourth-order valence-corrected chi connectivity index (χ4v) is 4.19. The first kappa shape index (κ1) is 16.8. The number of hydrogen-bond donors (Lipinski definition) is 0. The first-order chi connectivity index (χ1) is 11.2. The maximum Gasteiger partial charge on any atom is 0.0369 e. The van der Waals surface area contributed by atoms with Gasteiger partial charge in [-0.15, -0.1) is 0 Å². The number of anilines is 1. The third kappa shape index (κ3) is 4.73. The molecule has 2 heteroatoms. The van der Waals surface area contributed by atoms with Crippen molar-refractivity contribution in [1.29, 1.82) is 0 Å². The molecule has 2 aliphatic rings. The Morgan fingerprint density at radius 1 is 1.00 bits per heavy atom. The van der Waals surface area contributed by atoms with E-state index in [1.165, 1.54) is 76.1 Å². The Bertz CT molecular complexity index is 468. The van der Waals surface area contributed by atoms with Crippen molar-refractivity contribution in [3.63, 3.8) is 0 Å². The van der Waals surface area contributed by atoms with Crippen molar-refractivity contribution in [2.45, 2.75) is 52.4 Å². The summed E-state index contributed by atoms with van der Waals surface area (Å²) in [4.78, 5) is 5.26. The summed E-state index contributed by atoms with van der Waals surface area (Å²) in [6.45, 7) is 10.8. The predicted molar refractivity (Wildman–Crippen MR) is 100 cm³/mol. The number of aryl methyl sites for hydroxylation is 1. The van der Waals surface area contributed by atoms with Crippen LogP contribution in [0.25, 0.3) is 0 Å². The molecule has 3 rings (SSSR count). The maximum atomic E-state index is 2.69. The van der Waals surface area contributed by atoms with Gasteiger partial charge in [-0.25, -0.2) is 0 Å². The molecule has 0 bridgehead atoms. The van der Waals surface area contributed by atoms with Crippen molar-refractivity contribution >= 4 is 5.69 Å². The fraction of sp³-hybridized carbons (Fsp3) is 0.714. The van der Waals surface area contributed by atoms with Crippen molar-refractivity contribution in [2.24, 2.45) is 11.8 Å². The van der Waals surface area contributed by atoms with Crippen molar-refractivity contribution < 1.29 is 0 Å². The molecule has 23 heavy (non-hydrogen) atoms. The van der Waals surface area contributed by atoms with Crippen LogP contribution < -0.4 is 4.90 Å². The third-order valence-electron chi connectivity index (χ3n) is 6.05. The first-order valence-electron chi connectivity index (χ1n) is 9.81. The molecule has 0 unspecified atom stereocenters. The summed E-state index contributed by atoms with van der Waals surface area (Å²) < 4.78 is 0. The molecule has 1 heterocycles. The highest BCUT2D eigenvalue weighted by molar-refractivity contribution is 5.49. The van der Waals surface area contributed by atoms with Gasteiger partial charge in [-0.2, -0.15) is 0 Å². The van der Waals surface area contributed by atoms with Crippen LogP contribution in [0.2, 0.25) is 0 Å². The lowest BCUT2D eigenvalue weighted by molar-refractivity contribution is 0.208. The van der Waals surface area contributed by atoms with Crippen molar-refractivity contribution in [1.82, 2.24) is 4.90 Å². The van der Waals surface area contributed by atoms with Gasteiger partial charge in [0.1, 0.15) is 0 Å². The Balaban J connectivity index is 1.41. The average Bonchev–Trinajstić information content (AvgIpc) is 2.62. The quantitative estimate of drug-likeness (QED) is 0.784. The molecule has 0 atom stereocenters. The number of nitrogens with zero attached hydrogens (tertiary/aromatic N) is 2. The van der Waals surface area contributed by atoms with Gasteiger partial charge in [0, 0.05) is 31.9 Å². The molecule has 2 nitrogen and oxygen atoms in total. The summed E-state index contributed by atoms with van der Waals surface area (Å²) in [7, 11) is 0. The summed E-state index contributed by atoms with van der Waals surface area (Å²) in [6, 6.07) is 9.10. The number of rotatable bonds is 5. The molecule has 0 aromatic heterocycles. The molecule has 1 saturated heterocycles. The average molecular weight is 315 g/mol. The van der Waals surface area contributed by atoms with Gasteiger partial charge in [-0.05, 0) is 48.9 Å². The van der Waals surface area contributed by atoms with E-state index in [0.717, 1.165) is 18.3 Å². The van der Waals surface area contributed by atoms with Crippen LogP contribution >= 0.6 is 0 Å². The van der Waals surface area contributed by atoms with Gasteiger partial charge in [-0.3, -0.25) is 4.90 Å². The lowest BCUT2D eigenvalue weighted by Gasteiger charge is -2.37. The third-order valence-corrected chi connectivity index (χ3v) is 6.05. The molecule has 1 aromatic carbocycles. The molecule has 0 radical (unpaired) electrons. The van der Waals surface area contributed by atoms with Gasteiger partial charge in [0.2, 0.25) is 0 Å². The smallest absolute Gasteiger partial charge is 0.0369 e. The SMILES string of the molecule is CCc1cccc(N2CCN(CCC3CCC(C)CC3)CC2)c1. The van der Waals surface area contributed by atoms with E-state index >= 15 is 0 Å². The largest absolute Gasteiger partial charge is 0.369 e. The van der Waals surface area contributed by atoms with Crippen LogP contribution in [0.1, 0.15) is 51.5 Å². The minimum Gasteiger partial charge on any atom is -0.369 e. The van der Waals surface area contributed by atoms with Crippen LogP contribution in [0.4, 0.5) is 5.69 Å². The van der Waals surface area contributed by atoms with Crippen molar-refractivity contribution in [2.75, 3.05) is 37.6 Å². The van der Waals surface area contributed by atoms with E-state index in [2.05, 4.69) is 47.9 Å². The highest BCUT2D eigenvalue weighted by Crippen LogP contribution is 2.30. The molecule has 0 amide bonds. The monoisotopic (exact) mass is 314 g/mol. The Morgan fingerprint density at radius 2 is 1.74 bits per heavy atom. The van der Waals surface area contributed by atoms with E-state index in [9.17, 15) is 0 Å². The minimum atomic E-state index is 0.980. The molecule has 0 spiro atoms. The Labute approximate surface area is 142 Å². The normalized spacial score (nSPS) is 26.4. The second-order valence-electron chi connectivity index (χ2n) is 7.77. The van der Waals surface area contributed by atoms with Crippen molar-refractivity contribution in [3.8, 4) is 0 Å². The molecule has 128 valence electrons. The Hall–Kier alpha value is -1.02. The van der Waals surface area contributed by atoms with Gasteiger partial charge in [0.15, 0.2) is 0 Å². The summed E-state index contributed by atoms with van der Waals surface area (Å²) in [6.07, 6.45) is 8.44. The first-order valence-corrected chi connectivity index (χ1v) is 9.81. The molecule has 1 saturated carbocycles. The molecule has 1 aromatic rings. The molecule has 1 aliphatic heterocycles. The number of benzene rings is 1. The predicted octanol–water partition coefficient (Wildman–Crippen LogP) is 4.59. The van der Waals surface area contributed by atoms with E-state index < -0.39 is 0 Å². The van der Waals surface area contributed by atoms with Gasteiger partial charge in [0.25, 0.3) is 0 Å². The molecule has 1 aliphatic carbocycles. The maximum absolute atomic E-state index is 2.69. The van der Waals surface area contributed by atoms with E-state index in [1.54, 1.807) is 0 Å². The molecule has 0 N–H and O–H groups in total. The van der Waals surface area contributed by atoms with Gasteiger partial charge >= 0.3 is 0 Å². The van der Waals surface area contributed by atoms with E-state index in [-0.39, 0.29) is 0 Å². The van der Waals surface area contributed by atoms with Crippen LogP contribution in [-0.4, -0.2) is 37.6 Å². The standard InChI is InChI=1S/C21H34N2/c1-3-19-5-4-6-21(17-19)23-15-13-22(14-16-23)12-11-20-9-7-18(2)8-10-20/h4-6,17-18,20H,3,7-16H2,1-2H3. The van der Waals surface area contributed by atoms with Crippen LogP contribution in [0.15, 0.2) is 24.3 Å². The van der Waals surface area contributed by atoms with Crippen molar-refractivity contribution in [3.05, 3.63) is 29.8 Å². The fourth-order valence-electron chi connectivity index (χ4n) is 4.19. The lowest BCUT2D eigenvalue weighted by Crippen LogP contribution is -2.47. The zero-order valence-electron chi connectivity index (χ0n) is 15.1. The van der Waals surface area contributed by atoms with Gasteiger partial charge < -0.3 is 4.90 Å².